The number of hydrogen-bond donors (Lipinski definition) is 0. The van der Waals surface area contributed by atoms with Gasteiger partial charge < -0.3 is 14.4 Å². The Hall–Kier alpha value is -2.05. The number of ether oxygens (including phenoxy) is 2. The molecule has 2 aromatic rings. The van der Waals surface area contributed by atoms with Crippen LogP contribution in [0.2, 0.25) is 0 Å². The Morgan fingerprint density at radius 1 is 1.11 bits per heavy atom. The minimum Gasteiger partial charge on any atom is -0.495 e. The van der Waals surface area contributed by atoms with E-state index in [4.69, 9.17) is 9.47 Å². The third kappa shape index (κ3) is 5.47. The molecule has 1 atom stereocenters. The van der Waals surface area contributed by atoms with Crippen molar-refractivity contribution in [1.29, 1.82) is 0 Å². The summed E-state index contributed by atoms with van der Waals surface area (Å²) in [5.74, 6) is 1.09. The number of benzene rings is 1. The molecule has 5 nitrogen and oxygen atoms in total. The van der Waals surface area contributed by atoms with Crippen molar-refractivity contribution in [3.63, 3.8) is 0 Å². The molecule has 3 rings (SSSR count). The lowest BCUT2D eigenvalue weighted by molar-refractivity contribution is -0.141. The number of esters is 1. The molecule has 1 aliphatic rings. The highest BCUT2D eigenvalue weighted by Gasteiger charge is 2.24. The fourth-order valence-electron chi connectivity index (χ4n) is 3.66. The summed E-state index contributed by atoms with van der Waals surface area (Å²) in [6.45, 7) is 4.82. The monoisotopic (exact) mass is 388 g/mol. The maximum Gasteiger partial charge on any atom is 0.305 e. The smallest absolute Gasteiger partial charge is 0.305 e. The molecule has 1 aliphatic heterocycles. The Balaban J connectivity index is 1.57. The van der Waals surface area contributed by atoms with Gasteiger partial charge in [0.15, 0.2) is 0 Å². The lowest BCUT2D eigenvalue weighted by Gasteiger charge is -2.38. The van der Waals surface area contributed by atoms with Crippen LogP contribution in [0.25, 0.3) is 0 Å². The summed E-state index contributed by atoms with van der Waals surface area (Å²) in [6.07, 6.45) is 1.40. The standard InChI is InChI=1S/C21H28N2O3S/c1-25-20-8-4-3-7-19(20)23-11-9-22(10-12-23)16-17(15-21(24)26-2)14-18-6-5-13-27-18/h3-8,13,17H,9-12,14-16H2,1-2H3. The first-order chi connectivity index (χ1) is 13.2. The first kappa shape index (κ1) is 19.7. The van der Waals surface area contributed by atoms with Crippen LogP contribution in [0.15, 0.2) is 41.8 Å². The Bertz CT molecular complexity index is 712. The van der Waals surface area contributed by atoms with Crippen LogP contribution in [0.1, 0.15) is 11.3 Å². The van der Waals surface area contributed by atoms with Crippen molar-refractivity contribution in [3.8, 4) is 5.75 Å². The second-order valence-corrected chi connectivity index (χ2v) is 7.92. The van der Waals surface area contributed by atoms with Gasteiger partial charge in [0, 0.05) is 44.0 Å². The lowest BCUT2D eigenvalue weighted by atomic mass is 9.99. The maximum atomic E-state index is 11.8. The second-order valence-electron chi connectivity index (χ2n) is 6.89. The first-order valence-electron chi connectivity index (χ1n) is 9.39. The van der Waals surface area contributed by atoms with Crippen molar-refractivity contribution in [2.75, 3.05) is 51.8 Å². The number of methoxy groups -OCH3 is 2. The molecule has 1 aromatic heterocycles. The molecule has 2 heterocycles. The van der Waals surface area contributed by atoms with E-state index in [1.54, 1.807) is 18.4 Å². The van der Waals surface area contributed by atoms with E-state index < -0.39 is 0 Å². The Kier molecular flexibility index (Phi) is 7.12. The molecule has 0 amide bonds. The van der Waals surface area contributed by atoms with Gasteiger partial charge in [-0.3, -0.25) is 9.69 Å². The van der Waals surface area contributed by atoms with Gasteiger partial charge in [0.25, 0.3) is 0 Å². The average Bonchev–Trinajstić information content (AvgIpc) is 3.21. The lowest BCUT2D eigenvalue weighted by Crippen LogP contribution is -2.48. The van der Waals surface area contributed by atoms with Gasteiger partial charge in [0.2, 0.25) is 0 Å². The molecule has 0 bridgehead atoms. The topological polar surface area (TPSA) is 42.0 Å². The third-order valence-corrected chi connectivity index (χ3v) is 5.97. The predicted molar refractivity (Wildman–Crippen MR) is 110 cm³/mol. The number of rotatable bonds is 8. The van der Waals surface area contributed by atoms with E-state index in [1.165, 1.54) is 12.0 Å². The van der Waals surface area contributed by atoms with Gasteiger partial charge in [0.05, 0.1) is 19.9 Å². The molecule has 1 saturated heterocycles. The zero-order valence-corrected chi connectivity index (χ0v) is 16.9. The molecule has 0 spiro atoms. The molecular formula is C21H28N2O3S. The molecule has 146 valence electrons. The molecule has 0 saturated carbocycles. The largest absolute Gasteiger partial charge is 0.495 e. The van der Waals surface area contributed by atoms with Crippen molar-refractivity contribution < 1.29 is 14.3 Å². The fraction of sp³-hybridized carbons (Fsp3) is 0.476. The van der Waals surface area contributed by atoms with Gasteiger partial charge in [-0.25, -0.2) is 0 Å². The average molecular weight is 389 g/mol. The van der Waals surface area contributed by atoms with Gasteiger partial charge >= 0.3 is 5.97 Å². The van der Waals surface area contributed by atoms with Crippen LogP contribution in [-0.2, 0) is 16.0 Å². The molecule has 1 aromatic carbocycles. The molecule has 1 unspecified atom stereocenters. The van der Waals surface area contributed by atoms with Crippen molar-refractivity contribution in [2.45, 2.75) is 12.8 Å². The molecule has 0 aliphatic carbocycles. The van der Waals surface area contributed by atoms with Gasteiger partial charge in [-0.15, -0.1) is 11.3 Å². The number of piperazine rings is 1. The summed E-state index contributed by atoms with van der Waals surface area (Å²) in [6, 6.07) is 12.4. The summed E-state index contributed by atoms with van der Waals surface area (Å²) >= 11 is 1.76. The summed E-state index contributed by atoms with van der Waals surface area (Å²) in [5.41, 5.74) is 1.16. The van der Waals surface area contributed by atoms with Crippen molar-refractivity contribution in [1.82, 2.24) is 4.90 Å². The quantitative estimate of drug-likeness (QED) is 0.649. The summed E-state index contributed by atoms with van der Waals surface area (Å²) < 4.78 is 10.4. The minimum absolute atomic E-state index is 0.121. The highest BCUT2D eigenvalue weighted by atomic mass is 32.1. The van der Waals surface area contributed by atoms with Gasteiger partial charge in [-0.1, -0.05) is 18.2 Å². The van der Waals surface area contributed by atoms with E-state index in [1.807, 2.05) is 12.1 Å². The number of anilines is 1. The zero-order chi connectivity index (χ0) is 19.1. The van der Waals surface area contributed by atoms with Crippen LogP contribution < -0.4 is 9.64 Å². The first-order valence-corrected chi connectivity index (χ1v) is 10.3. The van der Waals surface area contributed by atoms with E-state index in [0.29, 0.717) is 6.42 Å². The summed E-state index contributed by atoms with van der Waals surface area (Å²) in [7, 11) is 3.19. The minimum atomic E-state index is -0.121. The number of carbonyl (C=O) groups is 1. The molecule has 6 heteroatoms. The highest BCUT2D eigenvalue weighted by Crippen LogP contribution is 2.28. The summed E-state index contributed by atoms with van der Waals surface area (Å²) in [5, 5.41) is 2.09. The van der Waals surface area contributed by atoms with Crippen molar-refractivity contribution >= 4 is 23.0 Å². The van der Waals surface area contributed by atoms with Crippen LogP contribution in [-0.4, -0.2) is 57.8 Å². The third-order valence-electron chi connectivity index (χ3n) is 5.07. The van der Waals surface area contributed by atoms with Crippen LogP contribution in [0.3, 0.4) is 0 Å². The zero-order valence-electron chi connectivity index (χ0n) is 16.1. The van der Waals surface area contributed by atoms with E-state index in [9.17, 15) is 4.79 Å². The fourth-order valence-corrected chi connectivity index (χ4v) is 4.48. The van der Waals surface area contributed by atoms with E-state index >= 15 is 0 Å². The van der Waals surface area contributed by atoms with Crippen LogP contribution in [0.4, 0.5) is 5.69 Å². The van der Waals surface area contributed by atoms with E-state index in [0.717, 1.165) is 50.6 Å². The number of hydrogen-bond acceptors (Lipinski definition) is 6. The molecule has 1 fully saturated rings. The van der Waals surface area contributed by atoms with Crippen molar-refractivity contribution in [2.24, 2.45) is 5.92 Å². The van der Waals surface area contributed by atoms with Crippen LogP contribution >= 0.6 is 11.3 Å². The van der Waals surface area contributed by atoms with Crippen molar-refractivity contribution in [3.05, 3.63) is 46.7 Å². The van der Waals surface area contributed by atoms with Crippen LogP contribution in [0.5, 0.6) is 5.75 Å². The molecule has 27 heavy (non-hydrogen) atoms. The SMILES string of the molecule is COC(=O)CC(Cc1cccs1)CN1CCN(c2ccccc2OC)CC1. The number of thiophene rings is 1. The van der Waals surface area contributed by atoms with E-state index in [-0.39, 0.29) is 11.9 Å². The summed E-state index contributed by atoms with van der Waals surface area (Å²) in [4.78, 5) is 18.0. The Morgan fingerprint density at radius 3 is 2.56 bits per heavy atom. The van der Waals surface area contributed by atoms with Gasteiger partial charge in [-0.2, -0.15) is 0 Å². The van der Waals surface area contributed by atoms with E-state index in [2.05, 4.69) is 39.4 Å². The molecule has 0 N–H and O–H groups in total. The Labute approximate surface area is 165 Å². The Morgan fingerprint density at radius 2 is 1.89 bits per heavy atom. The van der Waals surface area contributed by atoms with Gasteiger partial charge in [-0.05, 0) is 35.9 Å². The predicted octanol–water partition coefficient (Wildman–Crippen LogP) is 3.30. The van der Waals surface area contributed by atoms with Gasteiger partial charge in [0.1, 0.15) is 5.75 Å². The van der Waals surface area contributed by atoms with Crippen LogP contribution in [0, 0.1) is 5.92 Å². The second kappa shape index (κ2) is 9.76. The maximum absolute atomic E-state index is 11.8. The number of para-hydroxylation sites is 2. The molecule has 0 radical (unpaired) electrons. The number of carbonyl (C=O) groups excluding carboxylic acids is 1. The highest BCUT2D eigenvalue weighted by molar-refractivity contribution is 7.09. The molecular weight excluding hydrogens is 360 g/mol. The normalized spacial score (nSPS) is 16.1. The number of nitrogens with zero attached hydrogens (tertiary/aromatic N) is 2.